The van der Waals surface area contributed by atoms with Crippen LogP contribution in [0, 0.1) is 0 Å². The van der Waals surface area contributed by atoms with Crippen molar-refractivity contribution in [3.8, 4) is 0 Å². The summed E-state index contributed by atoms with van der Waals surface area (Å²) in [6.45, 7) is 0.705. The Balaban J connectivity index is 2.61. The predicted molar refractivity (Wildman–Crippen MR) is 50.6 cm³/mol. The van der Waals surface area contributed by atoms with Gasteiger partial charge in [-0.1, -0.05) is 23.8 Å². The molecule has 0 saturated heterocycles. The van der Waals surface area contributed by atoms with Crippen LogP contribution in [0.5, 0.6) is 0 Å². The van der Waals surface area contributed by atoms with Gasteiger partial charge in [0.05, 0.1) is 12.9 Å². The predicted octanol–water partition coefficient (Wildman–Crippen LogP) is 1.75. The molecule has 2 nitrogen and oxygen atoms in total. The van der Waals surface area contributed by atoms with Gasteiger partial charge in [0.15, 0.2) is 0 Å². The molecule has 66 valence electrons. The fraction of sp³-hybridized carbons (Fsp3) is 0.400. The van der Waals surface area contributed by atoms with Gasteiger partial charge in [-0.25, -0.2) is 0 Å². The molecule has 0 radical (unpaired) electrons. The van der Waals surface area contributed by atoms with Gasteiger partial charge in [-0.15, -0.1) is 0 Å². The summed E-state index contributed by atoms with van der Waals surface area (Å²) >= 11 is 0. The number of ether oxygens (including phenoxy) is 1. The van der Waals surface area contributed by atoms with Crippen LogP contribution in [0.2, 0.25) is 0 Å². The van der Waals surface area contributed by atoms with Gasteiger partial charge in [0.1, 0.15) is 0 Å². The second-order valence-corrected chi connectivity index (χ2v) is 2.76. The molecule has 0 saturated carbocycles. The Hall–Kier alpha value is -1.02. The smallest absolute Gasteiger partial charge is 0.0995 e. The highest BCUT2D eigenvalue weighted by molar-refractivity contribution is 5.26. The Bertz CT molecular complexity index is 226. The van der Waals surface area contributed by atoms with E-state index in [0.29, 0.717) is 6.54 Å². The van der Waals surface area contributed by atoms with E-state index in [2.05, 4.69) is 6.08 Å². The summed E-state index contributed by atoms with van der Waals surface area (Å²) in [4.78, 5) is 0. The van der Waals surface area contributed by atoms with Gasteiger partial charge in [0, 0.05) is 6.42 Å². The summed E-state index contributed by atoms with van der Waals surface area (Å²) in [5.74, 6) is 1.00. The lowest BCUT2D eigenvalue weighted by atomic mass is 10.1. The van der Waals surface area contributed by atoms with Crippen LogP contribution in [0.4, 0.5) is 0 Å². The SMILES string of the molecule is COC1=CC=CC=C(CCN)C1. The minimum atomic E-state index is 0.705. The second-order valence-electron chi connectivity index (χ2n) is 2.76. The lowest BCUT2D eigenvalue weighted by Crippen LogP contribution is -2.01. The summed E-state index contributed by atoms with van der Waals surface area (Å²) in [5, 5.41) is 0. The number of methoxy groups -OCH3 is 1. The van der Waals surface area contributed by atoms with E-state index in [0.717, 1.165) is 18.6 Å². The minimum Gasteiger partial charge on any atom is -0.501 e. The van der Waals surface area contributed by atoms with Crippen molar-refractivity contribution < 1.29 is 4.74 Å². The zero-order chi connectivity index (χ0) is 8.81. The lowest BCUT2D eigenvalue weighted by Gasteiger charge is -2.06. The molecule has 12 heavy (non-hydrogen) atoms. The lowest BCUT2D eigenvalue weighted by molar-refractivity contribution is 0.282. The van der Waals surface area contributed by atoms with Crippen molar-refractivity contribution >= 4 is 0 Å². The average molecular weight is 165 g/mol. The van der Waals surface area contributed by atoms with Crippen LogP contribution in [0.1, 0.15) is 12.8 Å². The maximum atomic E-state index is 5.47. The largest absolute Gasteiger partial charge is 0.501 e. The molecule has 0 aromatic carbocycles. The molecule has 0 aromatic heterocycles. The molecular formula is C10H15NO. The van der Waals surface area contributed by atoms with E-state index in [1.807, 2.05) is 18.2 Å². The van der Waals surface area contributed by atoms with Crippen LogP contribution < -0.4 is 5.73 Å². The van der Waals surface area contributed by atoms with Gasteiger partial charge >= 0.3 is 0 Å². The fourth-order valence-electron chi connectivity index (χ4n) is 1.19. The molecule has 1 rings (SSSR count). The molecule has 1 aliphatic carbocycles. The molecule has 0 aromatic rings. The quantitative estimate of drug-likeness (QED) is 0.691. The monoisotopic (exact) mass is 165 g/mol. The van der Waals surface area contributed by atoms with Gasteiger partial charge in [0.25, 0.3) is 0 Å². The highest BCUT2D eigenvalue weighted by Gasteiger charge is 2.02. The average Bonchev–Trinajstić information content (AvgIpc) is 2.30. The van der Waals surface area contributed by atoms with Crippen molar-refractivity contribution in [2.75, 3.05) is 13.7 Å². The Morgan fingerprint density at radius 2 is 2.17 bits per heavy atom. The molecule has 0 bridgehead atoms. The number of hydrogen-bond donors (Lipinski definition) is 1. The highest BCUT2D eigenvalue weighted by atomic mass is 16.5. The van der Waals surface area contributed by atoms with Crippen molar-refractivity contribution in [3.05, 3.63) is 35.6 Å². The molecule has 0 atom stereocenters. The van der Waals surface area contributed by atoms with E-state index in [4.69, 9.17) is 10.5 Å². The van der Waals surface area contributed by atoms with Crippen LogP contribution in [-0.2, 0) is 4.74 Å². The molecule has 0 spiro atoms. The van der Waals surface area contributed by atoms with Gasteiger partial charge in [-0.3, -0.25) is 0 Å². The Kier molecular flexibility index (Phi) is 3.61. The van der Waals surface area contributed by atoms with E-state index < -0.39 is 0 Å². The number of hydrogen-bond acceptors (Lipinski definition) is 2. The summed E-state index contributed by atoms with van der Waals surface area (Å²) in [6, 6.07) is 0. The van der Waals surface area contributed by atoms with E-state index in [1.165, 1.54) is 5.57 Å². The highest BCUT2D eigenvalue weighted by Crippen LogP contribution is 2.17. The van der Waals surface area contributed by atoms with Gasteiger partial charge < -0.3 is 10.5 Å². The summed E-state index contributed by atoms with van der Waals surface area (Å²) < 4.78 is 5.18. The third-order valence-corrected chi connectivity index (χ3v) is 1.85. The molecule has 0 amide bonds. The Morgan fingerprint density at radius 1 is 1.42 bits per heavy atom. The molecule has 0 unspecified atom stereocenters. The van der Waals surface area contributed by atoms with Crippen molar-refractivity contribution in [3.63, 3.8) is 0 Å². The summed E-state index contributed by atoms with van der Waals surface area (Å²) in [6.07, 6.45) is 9.94. The first-order valence-corrected chi connectivity index (χ1v) is 4.16. The first-order valence-electron chi connectivity index (χ1n) is 4.16. The summed E-state index contributed by atoms with van der Waals surface area (Å²) in [7, 11) is 1.70. The van der Waals surface area contributed by atoms with Crippen LogP contribution in [0.3, 0.4) is 0 Å². The maximum absolute atomic E-state index is 5.47. The molecule has 2 N–H and O–H groups in total. The van der Waals surface area contributed by atoms with Crippen LogP contribution >= 0.6 is 0 Å². The normalized spacial score (nSPS) is 16.5. The molecule has 0 fully saturated rings. The number of nitrogens with two attached hydrogens (primary N) is 1. The Labute approximate surface area is 73.4 Å². The van der Waals surface area contributed by atoms with Gasteiger partial charge in [-0.2, -0.15) is 0 Å². The zero-order valence-corrected chi connectivity index (χ0v) is 7.42. The fourth-order valence-corrected chi connectivity index (χ4v) is 1.19. The van der Waals surface area contributed by atoms with Crippen LogP contribution in [0.15, 0.2) is 35.6 Å². The van der Waals surface area contributed by atoms with E-state index in [1.54, 1.807) is 7.11 Å². The minimum absolute atomic E-state index is 0.705. The van der Waals surface area contributed by atoms with Crippen molar-refractivity contribution in [1.29, 1.82) is 0 Å². The number of rotatable bonds is 3. The molecular weight excluding hydrogens is 150 g/mol. The standard InChI is InChI=1S/C10H15NO/c1-12-10-5-3-2-4-9(8-10)6-7-11/h2-5H,6-8,11H2,1H3. The third-order valence-electron chi connectivity index (χ3n) is 1.85. The van der Waals surface area contributed by atoms with Crippen LogP contribution in [0.25, 0.3) is 0 Å². The van der Waals surface area contributed by atoms with E-state index in [9.17, 15) is 0 Å². The van der Waals surface area contributed by atoms with Gasteiger partial charge in [-0.05, 0) is 19.0 Å². The van der Waals surface area contributed by atoms with E-state index in [-0.39, 0.29) is 0 Å². The second kappa shape index (κ2) is 4.78. The van der Waals surface area contributed by atoms with Gasteiger partial charge in [0.2, 0.25) is 0 Å². The van der Waals surface area contributed by atoms with Crippen molar-refractivity contribution in [1.82, 2.24) is 0 Å². The topological polar surface area (TPSA) is 35.2 Å². The number of allylic oxidation sites excluding steroid dienone is 5. The first kappa shape index (κ1) is 9.07. The van der Waals surface area contributed by atoms with Crippen LogP contribution in [-0.4, -0.2) is 13.7 Å². The zero-order valence-electron chi connectivity index (χ0n) is 7.42. The first-order chi connectivity index (χ1) is 5.86. The maximum Gasteiger partial charge on any atom is 0.0995 e. The van der Waals surface area contributed by atoms with E-state index >= 15 is 0 Å². The molecule has 1 aliphatic rings. The molecule has 0 heterocycles. The molecule has 0 aliphatic heterocycles. The molecule has 2 heteroatoms. The third kappa shape index (κ3) is 2.55. The van der Waals surface area contributed by atoms with Crippen molar-refractivity contribution in [2.45, 2.75) is 12.8 Å². The van der Waals surface area contributed by atoms with Crippen molar-refractivity contribution in [2.24, 2.45) is 5.73 Å². The Morgan fingerprint density at radius 3 is 2.83 bits per heavy atom. The summed E-state index contributed by atoms with van der Waals surface area (Å²) in [5.41, 5.74) is 6.80.